The molecule has 0 saturated carbocycles. The first-order chi connectivity index (χ1) is 14.5. The maximum Gasteiger partial charge on any atom is 0.407 e. The second-order valence-electron chi connectivity index (χ2n) is 7.12. The molecule has 156 valence electrons. The summed E-state index contributed by atoms with van der Waals surface area (Å²) in [6, 6.07) is 15.7. The summed E-state index contributed by atoms with van der Waals surface area (Å²) in [5, 5.41) is 13.8. The van der Waals surface area contributed by atoms with Crippen LogP contribution in [0.3, 0.4) is 0 Å². The average molecular weight is 408 g/mol. The van der Waals surface area contributed by atoms with Crippen molar-refractivity contribution >= 4 is 18.0 Å². The maximum atomic E-state index is 12.0. The van der Waals surface area contributed by atoms with Gasteiger partial charge in [0.15, 0.2) is 0 Å². The average Bonchev–Trinajstić information content (AvgIpc) is 3.03. The smallest absolute Gasteiger partial charge is 0.407 e. The van der Waals surface area contributed by atoms with Gasteiger partial charge in [0.25, 0.3) is 0 Å². The largest absolute Gasteiger partial charge is 0.481 e. The SMILES string of the molecule is C[C@@H](CC(=O)O)NC(=O)/C=C/CNC(=O)OCC1c2ccccc2-c2ccccc21. The van der Waals surface area contributed by atoms with Crippen LogP contribution >= 0.6 is 0 Å². The molecule has 1 aliphatic rings. The number of amides is 2. The number of nitrogens with one attached hydrogen (secondary N) is 2. The minimum Gasteiger partial charge on any atom is -0.481 e. The molecule has 30 heavy (non-hydrogen) atoms. The van der Waals surface area contributed by atoms with E-state index in [9.17, 15) is 14.4 Å². The first-order valence-corrected chi connectivity index (χ1v) is 9.73. The molecule has 0 fully saturated rings. The Hall–Kier alpha value is -3.61. The fourth-order valence-electron chi connectivity index (χ4n) is 3.56. The number of alkyl carbamates (subject to hydrolysis) is 1. The third kappa shape index (κ3) is 5.26. The van der Waals surface area contributed by atoms with E-state index >= 15 is 0 Å². The molecule has 0 saturated heterocycles. The normalized spacial score (nSPS) is 13.4. The van der Waals surface area contributed by atoms with Crippen LogP contribution in [0.25, 0.3) is 11.1 Å². The van der Waals surface area contributed by atoms with Crippen LogP contribution in [0.4, 0.5) is 4.79 Å². The number of carbonyl (C=O) groups is 3. The molecule has 0 aliphatic heterocycles. The van der Waals surface area contributed by atoms with Gasteiger partial charge in [-0.15, -0.1) is 0 Å². The van der Waals surface area contributed by atoms with Crippen LogP contribution in [0.5, 0.6) is 0 Å². The Morgan fingerprint density at radius 2 is 1.67 bits per heavy atom. The number of aliphatic carboxylic acids is 1. The molecule has 2 aromatic rings. The molecule has 1 aliphatic carbocycles. The van der Waals surface area contributed by atoms with Crippen LogP contribution in [-0.2, 0) is 14.3 Å². The summed E-state index contributed by atoms with van der Waals surface area (Å²) in [6.07, 6.45) is 2.00. The molecular formula is C23H24N2O5. The van der Waals surface area contributed by atoms with Crippen molar-refractivity contribution in [2.75, 3.05) is 13.2 Å². The van der Waals surface area contributed by atoms with Gasteiger partial charge in [-0.05, 0) is 29.2 Å². The molecule has 3 rings (SSSR count). The summed E-state index contributed by atoms with van der Waals surface area (Å²) in [4.78, 5) is 34.3. The number of carboxylic acid groups (broad SMARTS) is 1. The van der Waals surface area contributed by atoms with Crippen molar-refractivity contribution in [3.05, 3.63) is 71.8 Å². The van der Waals surface area contributed by atoms with E-state index in [1.165, 1.54) is 12.2 Å². The highest BCUT2D eigenvalue weighted by molar-refractivity contribution is 5.88. The fraction of sp³-hybridized carbons (Fsp3) is 0.261. The topological polar surface area (TPSA) is 105 Å². The van der Waals surface area contributed by atoms with Crippen molar-refractivity contribution in [3.8, 4) is 11.1 Å². The van der Waals surface area contributed by atoms with Gasteiger partial charge in [-0.1, -0.05) is 54.6 Å². The van der Waals surface area contributed by atoms with Crippen LogP contribution < -0.4 is 10.6 Å². The zero-order valence-corrected chi connectivity index (χ0v) is 16.6. The van der Waals surface area contributed by atoms with Gasteiger partial charge >= 0.3 is 12.1 Å². The highest BCUT2D eigenvalue weighted by Crippen LogP contribution is 2.44. The van der Waals surface area contributed by atoms with Crippen LogP contribution in [0.15, 0.2) is 60.7 Å². The van der Waals surface area contributed by atoms with Crippen molar-refractivity contribution in [3.63, 3.8) is 0 Å². The van der Waals surface area contributed by atoms with E-state index in [-0.39, 0.29) is 25.5 Å². The minimum absolute atomic E-state index is 0.0137. The lowest BCUT2D eigenvalue weighted by atomic mass is 9.98. The van der Waals surface area contributed by atoms with Gasteiger partial charge in [-0.2, -0.15) is 0 Å². The summed E-state index contributed by atoms with van der Waals surface area (Å²) < 4.78 is 5.41. The zero-order valence-electron chi connectivity index (χ0n) is 16.6. The Morgan fingerprint density at radius 1 is 1.07 bits per heavy atom. The molecule has 7 heteroatoms. The maximum absolute atomic E-state index is 12.0. The molecule has 3 N–H and O–H groups in total. The number of ether oxygens (including phenoxy) is 1. The molecule has 0 radical (unpaired) electrons. The first-order valence-electron chi connectivity index (χ1n) is 9.73. The van der Waals surface area contributed by atoms with Crippen molar-refractivity contribution < 1.29 is 24.2 Å². The van der Waals surface area contributed by atoms with Crippen molar-refractivity contribution in [1.29, 1.82) is 0 Å². The second-order valence-corrected chi connectivity index (χ2v) is 7.12. The van der Waals surface area contributed by atoms with Crippen LogP contribution in [0.2, 0.25) is 0 Å². The summed E-state index contributed by atoms with van der Waals surface area (Å²) in [5.74, 6) is -1.41. The molecule has 0 bridgehead atoms. The van der Waals surface area contributed by atoms with Crippen LogP contribution in [-0.4, -0.2) is 42.3 Å². The quantitative estimate of drug-likeness (QED) is 0.583. The molecule has 0 spiro atoms. The molecule has 0 aromatic heterocycles. The highest BCUT2D eigenvalue weighted by atomic mass is 16.5. The number of carbonyl (C=O) groups excluding carboxylic acids is 2. The molecule has 0 heterocycles. The van der Waals surface area contributed by atoms with Gasteiger partial charge in [-0.25, -0.2) is 4.79 Å². The number of rotatable bonds is 8. The lowest BCUT2D eigenvalue weighted by Crippen LogP contribution is -2.33. The Balaban J connectivity index is 1.46. The minimum atomic E-state index is -0.983. The summed E-state index contributed by atoms with van der Waals surface area (Å²) in [5.41, 5.74) is 4.60. The van der Waals surface area contributed by atoms with Gasteiger partial charge in [0.2, 0.25) is 5.91 Å². The van der Waals surface area contributed by atoms with Crippen LogP contribution in [0, 0.1) is 0 Å². The van der Waals surface area contributed by atoms with Crippen molar-refractivity contribution in [2.24, 2.45) is 0 Å². The van der Waals surface area contributed by atoms with E-state index in [0.29, 0.717) is 0 Å². The standard InChI is InChI=1S/C23H24N2O5/c1-15(13-22(27)28)25-21(26)11-6-12-24-23(29)30-14-20-18-9-4-2-7-16(18)17-8-3-5-10-19(17)20/h2-11,15,20H,12-14H2,1H3,(H,24,29)(H,25,26)(H,27,28)/b11-6+/t15-/m0/s1. The third-order valence-electron chi connectivity index (χ3n) is 4.85. The Bertz CT molecular complexity index is 924. The van der Waals surface area contributed by atoms with E-state index in [1.54, 1.807) is 6.92 Å². The predicted molar refractivity (Wildman–Crippen MR) is 112 cm³/mol. The van der Waals surface area contributed by atoms with Gasteiger partial charge in [0.1, 0.15) is 6.61 Å². The zero-order chi connectivity index (χ0) is 21.5. The first kappa shape index (κ1) is 21.1. The lowest BCUT2D eigenvalue weighted by Gasteiger charge is -2.14. The Morgan fingerprint density at radius 3 is 2.27 bits per heavy atom. The molecular weight excluding hydrogens is 384 g/mol. The molecule has 2 aromatic carbocycles. The number of hydrogen-bond acceptors (Lipinski definition) is 4. The summed E-state index contributed by atoms with van der Waals surface area (Å²) in [7, 11) is 0. The van der Waals surface area contributed by atoms with E-state index < -0.39 is 24.0 Å². The summed E-state index contributed by atoms with van der Waals surface area (Å²) in [6.45, 7) is 1.95. The van der Waals surface area contributed by atoms with Crippen LogP contribution in [0.1, 0.15) is 30.4 Å². The van der Waals surface area contributed by atoms with Gasteiger partial charge in [0.05, 0.1) is 6.42 Å². The number of fused-ring (bicyclic) bond motifs is 3. The van der Waals surface area contributed by atoms with Gasteiger partial charge in [-0.3, -0.25) is 9.59 Å². The van der Waals surface area contributed by atoms with Gasteiger partial charge in [0, 0.05) is 24.6 Å². The fourth-order valence-corrected chi connectivity index (χ4v) is 3.56. The van der Waals surface area contributed by atoms with Crippen molar-refractivity contribution in [2.45, 2.75) is 25.3 Å². The molecule has 0 unspecified atom stereocenters. The lowest BCUT2D eigenvalue weighted by molar-refractivity contribution is -0.137. The molecule has 2 amide bonds. The monoisotopic (exact) mass is 408 g/mol. The van der Waals surface area contributed by atoms with Gasteiger partial charge < -0.3 is 20.5 Å². The Labute approximate surface area is 174 Å². The summed E-state index contributed by atoms with van der Waals surface area (Å²) >= 11 is 0. The molecule has 1 atom stereocenters. The number of carboxylic acids is 1. The second kappa shape index (κ2) is 9.73. The molecule has 7 nitrogen and oxygen atoms in total. The van der Waals surface area contributed by atoms with E-state index in [4.69, 9.17) is 9.84 Å². The predicted octanol–water partition coefficient (Wildman–Crippen LogP) is 3.06. The number of hydrogen-bond donors (Lipinski definition) is 3. The van der Waals surface area contributed by atoms with E-state index in [2.05, 4.69) is 22.8 Å². The van der Waals surface area contributed by atoms with E-state index in [1.807, 2.05) is 36.4 Å². The third-order valence-corrected chi connectivity index (χ3v) is 4.85. The van der Waals surface area contributed by atoms with E-state index in [0.717, 1.165) is 22.3 Å². The van der Waals surface area contributed by atoms with Crippen molar-refractivity contribution in [1.82, 2.24) is 10.6 Å². The highest BCUT2D eigenvalue weighted by Gasteiger charge is 2.28. The Kier molecular flexibility index (Phi) is 6.85. The number of benzene rings is 2.